The number of ether oxygens (including phenoxy) is 1. The van der Waals surface area contributed by atoms with Crippen LogP contribution in [-0.2, 0) is 9.53 Å². The molecule has 0 aliphatic carbocycles. The number of unbranched alkanes of at least 4 members (excludes halogenated alkanes) is 1. The van der Waals surface area contributed by atoms with Crippen LogP contribution in [0, 0.1) is 0 Å². The summed E-state index contributed by atoms with van der Waals surface area (Å²) in [6.45, 7) is 10.9. The average molecular weight is 513 g/mol. The molecule has 1 unspecified atom stereocenters. The largest absolute Gasteiger partial charge is 0.444 e. The minimum Gasteiger partial charge on any atom is -0.444 e. The van der Waals surface area contributed by atoms with Crippen molar-refractivity contribution in [2.45, 2.75) is 71.9 Å². The van der Waals surface area contributed by atoms with Crippen molar-refractivity contribution in [1.82, 2.24) is 20.9 Å². The van der Waals surface area contributed by atoms with E-state index in [4.69, 9.17) is 4.74 Å². The number of hydrogen-bond acceptors (Lipinski definition) is 4. The zero-order valence-electron chi connectivity index (χ0n) is 18.6. The lowest BCUT2D eigenvalue weighted by Gasteiger charge is -2.24. The number of guanidine groups is 1. The van der Waals surface area contributed by atoms with E-state index in [2.05, 4.69) is 34.8 Å². The standard InChI is InChI=1S/C19H39N5O3.HI/c1-8-10-11-15(13-22-18(26)27-19(3,4)5)23-17(20-12-9-2)21-14-16(25)24(6)7;/h15H,8-14H2,1-7H3,(H,22,26)(H2,20,21,23);1H. The molecule has 0 spiro atoms. The van der Waals surface area contributed by atoms with Crippen LogP contribution >= 0.6 is 24.0 Å². The first-order valence-corrected chi connectivity index (χ1v) is 9.80. The Hall–Kier alpha value is -1.26. The van der Waals surface area contributed by atoms with Crippen LogP contribution in [0.3, 0.4) is 0 Å². The van der Waals surface area contributed by atoms with Crippen molar-refractivity contribution >= 4 is 41.9 Å². The summed E-state index contributed by atoms with van der Waals surface area (Å²) in [5.41, 5.74) is -0.529. The number of carbonyl (C=O) groups excluding carboxylic acids is 2. The zero-order valence-corrected chi connectivity index (χ0v) is 20.9. The summed E-state index contributed by atoms with van der Waals surface area (Å²) in [4.78, 5) is 29.6. The summed E-state index contributed by atoms with van der Waals surface area (Å²) >= 11 is 0. The molecule has 8 nitrogen and oxygen atoms in total. The van der Waals surface area contributed by atoms with Crippen LogP contribution in [0.5, 0.6) is 0 Å². The Labute approximate surface area is 187 Å². The molecule has 0 fully saturated rings. The van der Waals surface area contributed by atoms with Gasteiger partial charge in [0.05, 0.1) is 0 Å². The number of nitrogens with zero attached hydrogens (tertiary/aromatic N) is 2. The highest BCUT2D eigenvalue weighted by Gasteiger charge is 2.18. The van der Waals surface area contributed by atoms with Gasteiger partial charge in [-0.2, -0.15) is 0 Å². The molecule has 0 radical (unpaired) electrons. The molecule has 1 atom stereocenters. The van der Waals surface area contributed by atoms with Gasteiger partial charge in [-0.3, -0.25) is 4.79 Å². The van der Waals surface area contributed by atoms with E-state index in [0.717, 1.165) is 32.2 Å². The molecule has 0 bridgehead atoms. The van der Waals surface area contributed by atoms with Gasteiger partial charge < -0.3 is 25.6 Å². The van der Waals surface area contributed by atoms with Gasteiger partial charge >= 0.3 is 6.09 Å². The van der Waals surface area contributed by atoms with Crippen LogP contribution in [0.2, 0.25) is 0 Å². The highest BCUT2D eigenvalue weighted by atomic mass is 127. The number of likely N-dealkylation sites (N-methyl/N-ethyl adjacent to an activating group) is 1. The van der Waals surface area contributed by atoms with Gasteiger partial charge in [0.15, 0.2) is 5.96 Å². The van der Waals surface area contributed by atoms with Gasteiger partial charge in [-0.25, -0.2) is 9.79 Å². The smallest absolute Gasteiger partial charge is 0.407 e. The van der Waals surface area contributed by atoms with E-state index in [1.165, 1.54) is 4.90 Å². The number of halogens is 1. The molecule has 0 aliphatic heterocycles. The van der Waals surface area contributed by atoms with Crippen molar-refractivity contribution in [2.75, 3.05) is 33.7 Å². The Morgan fingerprint density at radius 3 is 2.25 bits per heavy atom. The number of hydrogen-bond donors (Lipinski definition) is 3. The zero-order chi connectivity index (χ0) is 20.9. The van der Waals surface area contributed by atoms with Crippen LogP contribution in [0.4, 0.5) is 4.79 Å². The predicted molar refractivity (Wildman–Crippen MR) is 125 cm³/mol. The van der Waals surface area contributed by atoms with Crippen LogP contribution < -0.4 is 16.0 Å². The number of rotatable bonds is 10. The van der Waals surface area contributed by atoms with E-state index in [1.807, 2.05) is 20.8 Å². The second-order valence-corrected chi connectivity index (χ2v) is 7.75. The summed E-state index contributed by atoms with van der Waals surface area (Å²) in [6.07, 6.45) is 3.46. The molecule has 28 heavy (non-hydrogen) atoms. The van der Waals surface area contributed by atoms with E-state index in [0.29, 0.717) is 12.5 Å². The molecule has 0 heterocycles. The first-order chi connectivity index (χ1) is 12.6. The van der Waals surface area contributed by atoms with Crippen LogP contribution in [-0.4, -0.2) is 68.2 Å². The second kappa shape index (κ2) is 15.6. The van der Waals surface area contributed by atoms with Gasteiger partial charge in [0.2, 0.25) is 5.91 Å². The van der Waals surface area contributed by atoms with Crippen molar-refractivity contribution in [2.24, 2.45) is 4.99 Å². The Bertz CT molecular complexity index is 479. The molecule has 0 aromatic carbocycles. The van der Waals surface area contributed by atoms with Gasteiger partial charge in [-0.15, -0.1) is 24.0 Å². The van der Waals surface area contributed by atoms with Crippen LogP contribution in [0.25, 0.3) is 0 Å². The molecule has 0 aliphatic rings. The van der Waals surface area contributed by atoms with Gasteiger partial charge in [0, 0.05) is 33.2 Å². The number of amides is 2. The maximum Gasteiger partial charge on any atom is 0.407 e. The van der Waals surface area contributed by atoms with Gasteiger partial charge in [-0.05, 0) is 33.6 Å². The topological polar surface area (TPSA) is 95.1 Å². The van der Waals surface area contributed by atoms with Crippen molar-refractivity contribution in [3.8, 4) is 0 Å². The third kappa shape index (κ3) is 15.8. The van der Waals surface area contributed by atoms with E-state index >= 15 is 0 Å². The predicted octanol–water partition coefficient (Wildman–Crippen LogP) is 2.72. The lowest BCUT2D eigenvalue weighted by molar-refractivity contribution is -0.127. The highest BCUT2D eigenvalue weighted by molar-refractivity contribution is 14.0. The van der Waals surface area contributed by atoms with E-state index in [-0.39, 0.29) is 42.5 Å². The molecule has 0 aromatic rings. The van der Waals surface area contributed by atoms with Crippen LogP contribution in [0.1, 0.15) is 60.3 Å². The number of carbonyl (C=O) groups is 2. The molecule has 2 amide bonds. The lowest BCUT2D eigenvalue weighted by Crippen LogP contribution is -2.49. The van der Waals surface area contributed by atoms with E-state index in [9.17, 15) is 9.59 Å². The summed E-state index contributed by atoms with van der Waals surface area (Å²) in [7, 11) is 3.42. The third-order valence-electron chi connectivity index (χ3n) is 3.55. The quantitative estimate of drug-likeness (QED) is 0.237. The maximum atomic E-state index is 11.9. The Balaban J connectivity index is 0. The Kier molecular flexibility index (Phi) is 16.2. The molecule has 0 saturated carbocycles. The van der Waals surface area contributed by atoms with Gasteiger partial charge in [0.1, 0.15) is 12.1 Å². The van der Waals surface area contributed by atoms with Crippen molar-refractivity contribution in [3.63, 3.8) is 0 Å². The molecule has 9 heteroatoms. The fraction of sp³-hybridized carbons (Fsp3) is 0.842. The van der Waals surface area contributed by atoms with Crippen molar-refractivity contribution in [3.05, 3.63) is 0 Å². The molecular weight excluding hydrogens is 473 g/mol. The van der Waals surface area contributed by atoms with Crippen molar-refractivity contribution in [1.29, 1.82) is 0 Å². The minimum absolute atomic E-state index is 0. The third-order valence-corrected chi connectivity index (χ3v) is 3.55. The monoisotopic (exact) mass is 513 g/mol. The molecule has 166 valence electrons. The summed E-state index contributed by atoms with van der Waals surface area (Å²) in [5, 5.41) is 9.37. The molecule has 0 saturated heterocycles. The summed E-state index contributed by atoms with van der Waals surface area (Å²) < 4.78 is 5.29. The summed E-state index contributed by atoms with van der Waals surface area (Å²) in [6, 6.07) is -0.00460. The van der Waals surface area contributed by atoms with Crippen LogP contribution in [0.15, 0.2) is 4.99 Å². The molecule has 0 aromatic heterocycles. The molecular formula is C19H40IN5O3. The maximum absolute atomic E-state index is 11.9. The van der Waals surface area contributed by atoms with E-state index < -0.39 is 11.7 Å². The lowest BCUT2D eigenvalue weighted by atomic mass is 10.1. The van der Waals surface area contributed by atoms with Gasteiger partial charge in [-0.1, -0.05) is 26.7 Å². The fourth-order valence-electron chi connectivity index (χ4n) is 2.07. The average Bonchev–Trinajstić information content (AvgIpc) is 2.57. The second-order valence-electron chi connectivity index (χ2n) is 7.75. The summed E-state index contributed by atoms with van der Waals surface area (Å²) in [5.74, 6) is 0.517. The van der Waals surface area contributed by atoms with Crippen molar-refractivity contribution < 1.29 is 14.3 Å². The normalized spacial score (nSPS) is 12.5. The van der Waals surface area contributed by atoms with Gasteiger partial charge in [0.25, 0.3) is 0 Å². The molecule has 3 N–H and O–H groups in total. The SMILES string of the molecule is CCCCC(CNC(=O)OC(C)(C)C)NC(=NCC(=O)N(C)C)NCCC.I. The number of aliphatic imine (C=N–C) groups is 1. The fourth-order valence-corrected chi connectivity index (χ4v) is 2.07. The Morgan fingerprint density at radius 2 is 1.75 bits per heavy atom. The number of nitrogens with one attached hydrogen (secondary N) is 3. The first kappa shape index (κ1) is 28.9. The number of alkyl carbamates (subject to hydrolysis) is 1. The first-order valence-electron chi connectivity index (χ1n) is 9.80. The van der Waals surface area contributed by atoms with E-state index in [1.54, 1.807) is 14.1 Å². The molecule has 0 rings (SSSR count). The Morgan fingerprint density at radius 1 is 1.11 bits per heavy atom. The minimum atomic E-state index is -0.529. The highest BCUT2D eigenvalue weighted by Crippen LogP contribution is 2.07.